The molecule has 4 fully saturated rings. The second-order valence-corrected chi connectivity index (χ2v) is 18.2. The molecule has 3 heterocycles. The summed E-state index contributed by atoms with van der Waals surface area (Å²) in [4.78, 5) is 31.0. The molecule has 1 aromatic rings. The Morgan fingerprint density at radius 2 is 1.49 bits per heavy atom. The maximum atomic E-state index is 15.0. The standard InChI is InChI=1S/C47H68FNO10/c1-10-30-12-11-13-40(59-42-19-18-39(49(5)6)26(3)55-42)25(2)43(51)38-23-36-34-21-31(58-47-46(54-9)45(53-8)44(52-7)27(4)56-47)20-33(34)32(28-14-16-29(48)17-15-28)22-35(36)37(38)24-41(50)57-30/h14-17,22-23,25-27,30-34,36-37,39-40,42,44-47H,10-13,18-21,24H2,1-9H3/t25-,26?,27?,30+,31-,32?,33+,34-,36+,37+,39+,40+,42+,44+,45?,46?,47+/m1/s1. The van der Waals surface area contributed by atoms with Crippen molar-refractivity contribution in [2.24, 2.45) is 29.6 Å². The number of benzene rings is 1. The van der Waals surface area contributed by atoms with Crippen LogP contribution in [0.1, 0.15) is 97.0 Å². The zero-order valence-electron chi connectivity index (χ0n) is 36.6. The molecule has 0 N–H and O–H groups in total. The lowest BCUT2D eigenvalue weighted by atomic mass is 9.66. The second-order valence-electron chi connectivity index (χ2n) is 18.2. The van der Waals surface area contributed by atoms with Gasteiger partial charge in [0.15, 0.2) is 18.4 Å². The summed E-state index contributed by atoms with van der Waals surface area (Å²) in [5.41, 5.74) is 2.73. The fourth-order valence-corrected chi connectivity index (χ4v) is 11.4. The van der Waals surface area contributed by atoms with Crippen molar-refractivity contribution in [1.82, 2.24) is 4.90 Å². The van der Waals surface area contributed by atoms with E-state index in [9.17, 15) is 14.0 Å². The van der Waals surface area contributed by atoms with Crippen molar-refractivity contribution in [3.05, 3.63) is 58.9 Å². The van der Waals surface area contributed by atoms with E-state index in [0.717, 1.165) is 36.8 Å². The molecule has 5 unspecified atom stereocenters. The quantitative estimate of drug-likeness (QED) is 0.177. The molecular weight excluding hydrogens is 758 g/mol. The van der Waals surface area contributed by atoms with Crippen molar-refractivity contribution in [2.45, 2.75) is 159 Å². The Balaban J connectivity index is 1.20. The van der Waals surface area contributed by atoms with E-state index in [0.29, 0.717) is 37.3 Å². The Labute approximate surface area is 350 Å². The van der Waals surface area contributed by atoms with Crippen LogP contribution >= 0.6 is 0 Å². The molecule has 7 rings (SSSR count). The van der Waals surface area contributed by atoms with Crippen LogP contribution in [0.2, 0.25) is 0 Å². The van der Waals surface area contributed by atoms with Crippen molar-refractivity contribution >= 4 is 11.8 Å². The van der Waals surface area contributed by atoms with Crippen molar-refractivity contribution in [1.29, 1.82) is 0 Å². The Bertz CT molecular complexity index is 1670. The zero-order chi connectivity index (χ0) is 42.1. The molecule has 12 heteroatoms. The molecule has 1 saturated carbocycles. The van der Waals surface area contributed by atoms with Gasteiger partial charge in [-0.25, -0.2) is 4.39 Å². The molecule has 1 aromatic carbocycles. The van der Waals surface area contributed by atoms with Crippen LogP contribution in [0.3, 0.4) is 0 Å². The lowest BCUT2D eigenvalue weighted by Crippen LogP contribution is -2.59. The molecular formula is C47H68FNO10. The summed E-state index contributed by atoms with van der Waals surface area (Å²) in [6.07, 6.45) is 7.13. The van der Waals surface area contributed by atoms with Gasteiger partial charge in [-0.05, 0) is 114 Å². The topological polar surface area (TPSA) is 111 Å². The minimum Gasteiger partial charge on any atom is -0.462 e. The number of likely N-dealkylation sites (N-methyl/N-ethyl adjacent to an activating group) is 1. The number of methoxy groups -OCH3 is 3. The SMILES string of the molecule is CC[C@H]1CCC[C@H](O[C@H]2CC[C@H](N(C)C)C(C)O2)[C@@H](C)C(=O)C2=C[C@@H]3C(=CC(c4ccc(F)cc4)[C@@H]4C[C@@H](O[C@@H]5OC(C)[C@H](OC)C(OC)C5OC)C[C@@H]34)[C@@H]2CC(=O)O1. The first-order valence-corrected chi connectivity index (χ1v) is 22.1. The number of carbonyl (C=O) groups is 2. The number of Topliss-reactive ketones (excluding diaryl/α,β-unsaturated/α-hetero) is 1. The van der Waals surface area contributed by atoms with Crippen molar-refractivity contribution in [3.8, 4) is 0 Å². The number of fused-ring (bicyclic) bond motifs is 5. The van der Waals surface area contributed by atoms with Gasteiger partial charge in [0.05, 0.1) is 30.8 Å². The summed E-state index contributed by atoms with van der Waals surface area (Å²) in [6, 6.07) is 7.04. The van der Waals surface area contributed by atoms with E-state index >= 15 is 0 Å². The van der Waals surface area contributed by atoms with Crippen LogP contribution < -0.4 is 0 Å². The highest BCUT2D eigenvalue weighted by Gasteiger charge is 2.54. The molecule has 0 aromatic heterocycles. The molecule has 6 aliphatic rings. The van der Waals surface area contributed by atoms with Crippen LogP contribution in [0.4, 0.5) is 4.39 Å². The Kier molecular flexibility index (Phi) is 14.5. The highest BCUT2D eigenvalue weighted by atomic mass is 19.1. The van der Waals surface area contributed by atoms with Gasteiger partial charge in [0, 0.05) is 51.0 Å². The number of allylic oxidation sites excluding steroid dienone is 4. The number of hydrogen-bond acceptors (Lipinski definition) is 11. The third-order valence-corrected chi connectivity index (χ3v) is 14.6. The smallest absolute Gasteiger partial charge is 0.307 e. The molecule has 328 valence electrons. The highest BCUT2D eigenvalue weighted by Crippen LogP contribution is 2.58. The number of esters is 1. The van der Waals surface area contributed by atoms with Gasteiger partial charge in [0.1, 0.15) is 30.2 Å². The number of hydrogen-bond donors (Lipinski definition) is 0. The van der Waals surface area contributed by atoms with Crippen LogP contribution in [-0.4, -0.2) is 120 Å². The summed E-state index contributed by atoms with van der Waals surface area (Å²) >= 11 is 0. The van der Waals surface area contributed by atoms with Gasteiger partial charge < -0.3 is 42.8 Å². The third-order valence-electron chi connectivity index (χ3n) is 14.6. The number of carbonyl (C=O) groups excluding carboxylic acids is 2. The van der Waals surface area contributed by atoms with E-state index in [-0.39, 0.29) is 84.3 Å². The average Bonchev–Trinajstić information content (AvgIpc) is 3.80. The van der Waals surface area contributed by atoms with Gasteiger partial charge in [-0.3, -0.25) is 9.59 Å². The monoisotopic (exact) mass is 825 g/mol. The second kappa shape index (κ2) is 19.2. The van der Waals surface area contributed by atoms with Crippen molar-refractivity contribution < 1.29 is 51.9 Å². The lowest BCUT2D eigenvalue weighted by molar-refractivity contribution is -0.314. The molecule has 3 saturated heterocycles. The fraction of sp³-hybridized carbons (Fsp3) is 0.745. The number of rotatable bonds is 10. The van der Waals surface area contributed by atoms with Crippen molar-refractivity contribution in [2.75, 3.05) is 35.4 Å². The summed E-state index contributed by atoms with van der Waals surface area (Å²) < 4.78 is 64.5. The molecule has 59 heavy (non-hydrogen) atoms. The molecule has 11 nitrogen and oxygen atoms in total. The van der Waals surface area contributed by atoms with Gasteiger partial charge in [-0.15, -0.1) is 0 Å². The molecule has 0 amide bonds. The molecule has 0 spiro atoms. The fourth-order valence-electron chi connectivity index (χ4n) is 11.4. The van der Waals surface area contributed by atoms with Gasteiger partial charge in [0.2, 0.25) is 0 Å². The highest BCUT2D eigenvalue weighted by molar-refractivity contribution is 6.00. The number of halogens is 1. The van der Waals surface area contributed by atoms with Crippen molar-refractivity contribution in [3.63, 3.8) is 0 Å². The van der Waals surface area contributed by atoms with Gasteiger partial charge in [-0.2, -0.15) is 0 Å². The van der Waals surface area contributed by atoms with E-state index in [1.807, 2.05) is 32.9 Å². The van der Waals surface area contributed by atoms with Gasteiger partial charge in [0.25, 0.3) is 0 Å². The maximum absolute atomic E-state index is 15.0. The van der Waals surface area contributed by atoms with Gasteiger partial charge in [-0.1, -0.05) is 43.7 Å². The number of ether oxygens (including phenoxy) is 8. The number of ketones is 1. The molecule has 0 bridgehead atoms. The van der Waals surface area contributed by atoms with Crippen LogP contribution in [0, 0.1) is 35.4 Å². The minimum atomic E-state index is -0.685. The van der Waals surface area contributed by atoms with Gasteiger partial charge >= 0.3 is 5.97 Å². The lowest BCUT2D eigenvalue weighted by Gasteiger charge is -2.44. The van der Waals surface area contributed by atoms with E-state index in [1.165, 1.54) is 12.1 Å². The normalized spacial score (nSPS) is 41.8. The zero-order valence-corrected chi connectivity index (χ0v) is 36.6. The van der Waals surface area contributed by atoms with E-state index in [2.05, 4.69) is 38.1 Å². The number of cyclic esters (lactones) is 1. The van der Waals surface area contributed by atoms with Crippen LogP contribution in [0.25, 0.3) is 0 Å². The minimum absolute atomic E-state index is 0.000210. The first kappa shape index (κ1) is 44.5. The Hall–Kier alpha value is -2.55. The van der Waals surface area contributed by atoms with Crippen LogP contribution in [0.15, 0.2) is 47.6 Å². The predicted octanol–water partition coefficient (Wildman–Crippen LogP) is 7.16. The maximum Gasteiger partial charge on any atom is 0.307 e. The Morgan fingerprint density at radius 3 is 2.14 bits per heavy atom. The first-order valence-electron chi connectivity index (χ1n) is 22.1. The summed E-state index contributed by atoms with van der Waals surface area (Å²) in [6.45, 7) is 8.08. The average molecular weight is 826 g/mol. The van der Waals surface area contributed by atoms with E-state index < -0.39 is 36.6 Å². The van der Waals surface area contributed by atoms with E-state index in [1.54, 1.807) is 21.3 Å². The van der Waals surface area contributed by atoms with E-state index in [4.69, 9.17) is 37.9 Å². The molecule has 0 radical (unpaired) electrons. The predicted molar refractivity (Wildman–Crippen MR) is 219 cm³/mol. The Morgan fingerprint density at radius 1 is 0.797 bits per heavy atom. The summed E-state index contributed by atoms with van der Waals surface area (Å²) in [5, 5.41) is 0. The summed E-state index contributed by atoms with van der Waals surface area (Å²) in [7, 11) is 9.07. The molecule has 3 aliphatic carbocycles. The first-order chi connectivity index (χ1) is 28.3. The molecule has 3 aliphatic heterocycles. The largest absolute Gasteiger partial charge is 0.462 e. The molecule has 17 atom stereocenters. The third kappa shape index (κ3) is 9.31. The summed E-state index contributed by atoms with van der Waals surface area (Å²) in [5.74, 6) is -1.41. The van der Waals surface area contributed by atoms with Crippen LogP contribution in [0.5, 0.6) is 0 Å². The van der Waals surface area contributed by atoms with Crippen LogP contribution in [-0.2, 0) is 47.5 Å². The number of nitrogens with zero attached hydrogens (tertiary/aromatic N) is 1.